The number of hydrogen-bond donors (Lipinski definition) is 0. The smallest absolute Gasteiger partial charge is 0.231 e. The van der Waals surface area contributed by atoms with Crippen LogP contribution in [0.2, 0.25) is 0 Å². The van der Waals surface area contributed by atoms with E-state index in [9.17, 15) is 0 Å². The van der Waals surface area contributed by atoms with Gasteiger partial charge in [-0.3, -0.25) is 0 Å². The van der Waals surface area contributed by atoms with Crippen molar-refractivity contribution in [2.45, 2.75) is 26.7 Å². The summed E-state index contributed by atoms with van der Waals surface area (Å²) >= 11 is 1.82. The molecule has 2 heterocycles. The van der Waals surface area contributed by atoms with Crippen molar-refractivity contribution in [2.75, 3.05) is 13.6 Å². The third kappa shape index (κ3) is 12.2. The fourth-order valence-corrected chi connectivity index (χ4v) is 11.8. The Bertz CT molecular complexity index is 2120. The summed E-state index contributed by atoms with van der Waals surface area (Å²) in [7, 11) is 2.63. The van der Waals surface area contributed by atoms with Crippen molar-refractivity contribution in [2.24, 2.45) is 0 Å². The van der Waals surface area contributed by atoms with Crippen molar-refractivity contribution in [1.29, 1.82) is 0 Å². The van der Waals surface area contributed by atoms with Crippen LogP contribution in [0.15, 0.2) is 170 Å². The molecule has 7 aromatic rings. The van der Waals surface area contributed by atoms with Crippen LogP contribution in [0.1, 0.15) is 30.9 Å². The predicted octanol–water partition coefficient (Wildman–Crippen LogP) is 9.14. The molecule has 0 saturated carbocycles. The van der Waals surface area contributed by atoms with Gasteiger partial charge >= 0.3 is 27.0 Å². The summed E-state index contributed by atoms with van der Waals surface area (Å²) in [6.07, 6.45) is 0. The predicted molar refractivity (Wildman–Crippen MR) is 259 cm³/mol. The molecule has 0 aliphatic carbocycles. The summed E-state index contributed by atoms with van der Waals surface area (Å²) in [6.45, 7) is 6.89. The van der Waals surface area contributed by atoms with Crippen molar-refractivity contribution in [3.05, 3.63) is 203 Å². The van der Waals surface area contributed by atoms with Gasteiger partial charge in [0.15, 0.2) is 23.0 Å². The summed E-state index contributed by atoms with van der Waals surface area (Å²) in [5.74, 6) is 3.64. The van der Waals surface area contributed by atoms with Gasteiger partial charge in [0.05, 0.1) is 0 Å². The summed E-state index contributed by atoms with van der Waals surface area (Å²) < 4.78 is 24.7. The number of halogens is 2. The van der Waals surface area contributed by atoms with Gasteiger partial charge in [-0.25, -0.2) is 0 Å². The quantitative estimate of drug-likeness (QED) is 0.0866. The topological polar surface area (TPSA) is 36.9 Å². The van der Waals surface area contributed by atoms with E-state index in [2.05, 4.69) is 200 Å². The molecule has 0 unspecified atom stereocenters. The number of aryl methyl sites for hydroxylation is 1. The molecule has 0 fully saturated rings. The molecule has 0 spiro atoms. The first-order valence-corrected chi connectivity index (χ1v) is 23.3. The molecule has 320 valence electrons. The largest absolute Gasteiger partial charge is 0.454 e. The van der Waals surface area contributed by atoms with E-state index < -0.39 is 15.8 Å². The Morgan fingerprint density at radius 2 is 0.770 bits per heavy atom. The number of ether oxygens (including phenoxy) is 4. The molecule has 9 rings (SSSR count). The minimum absolute atomic E-state index is 0. The summed E-state index contributed by atoms with van der Waals surface area (Å²) in [6, 6.07) is 60.3. The van der Waals surface area contributed by atoms with Crippen LogP contribution in [-0.4, -0.2) is 13.6 Å². The van der Waals surface area contributed by atoms with Crippen LogP contribution in [0.25, 0.3) is 11.1 Å². The van der Waals surface area contributed by atoms with Crippen LogP contribution in [0.3, 0.4) is 0 Å². The van der Waals surface area contributed by atoms with Crippen molar-refractivity contribution in [3.63, 3.8) is 0 Å². The molecule has 7 aromatic carbocycles. The van der Waals surface area contributed by atoms with Gasteiger partial charge in [-0.05, 0) is 90.3 Å². The average molecular weight is 994 g/mol. The Hall–Kier alpha value is -3.85. The van der Waals surface area contributed by atoms with Crippen molar-refractivity contribution in [3.8, 4) is 34.1 Å². The molecule has 2 aliphatic heterocycles. The van der Waals surface area contributed by atoms with Crippen LogP contribution in [-0.2, 0) is 17.3 Å². The molecule has 10 heteroatoms. The molecule has 2 radical (unpaired) electrons. The maximum Gasteiger partial charge on any atom is 0.231 e. The number of benzene rings is 7. The minimum Gasteiger partial charge on any atom is -0.454 e. The first kappa shape index (κ1) is 53.3. The molecule has 0 N–H and O–H groups in total. The van der Waals surface area contributed by atoms with Gasteiger partial charge in [0.2, 0.25) is 13.6 Å². The van der Waals surface area contributed by atoms with Gasteiger partial charge in [0.25, 0.3) is 0 Å². The van der Waals surface area contributed by atoms with Gasteiger partial charge in [-0.2, -0.15) is 0 Å². The monoisotopic (exact) mass is 993 g/mol. The average Bonchev–Trinajstić information content (AvgIpc) is 3.95. The second kappa shape index (κ2) is 25.9. The molecule has 0 bridgehead atoms. The van der Waals surface area contributed by atoms with E-state index in [0.717, 1.165) is 34.1 Å². The normalized spacial score (nSPS) is 11.2. The van der Waals surface area contributed by atoms with Crippen LogP contribution in [0.5, 0.6) is 23.0 Å². The van der Waals surface area contributed by atoms with Crippen molar-refractivity contribution >= 4 is 70.9 Å². The van der Waals surface area contributed by atoms with Gasteiger partial charge in [0.1, 0.15) is 0 Å². The van der Waals surface area contributed by atoms with E-state index in [0.29, 0.717) is 5.92 Å². The van der Waals surface area contributed by atoms with E-state index in [1.54, 1.807) is 0 Å². The third-order valence-corrected chi connectivity index (χ3v) is 14.5. The standard InChI is InChI=1S/C38H28O4P2.C10H14.3CH3.2ClH.Ru.S/c1-5-13-27(14-6-1)43(28-15-7-2-8-16-28)33-23-21-31-37(41-25-39-31)35(33)36-34(24-22-32-38(36)42-26-40-32)44(29-17-9-3-10-18-29)30-19-11-4-12-20-30;1-8(2)10-6-4-9(3)5-7-10;;;;;;;/h1-24H,25-26H2;4-8H,1-3H3;3*1H3;2*1H;;/q;;3*-1;;;+2;/p-2. The Morgan fingerprint density at radius 3 is 1.07 bits per heavy atom. The van der Waals surface area contributed by atoms with Gasteiger partial charge in [-0.15, -0.1) is 0 Å². The zero-order valence-corrected chi connectivity index (χ0v) is 41.1. The second-order valence-corrected chi connectivity index (χ2v) is 17.8. The Kier molecular flexibility index (Phi) is 22.7. The first-order chi connectivity index (χ1) is 27.6. The second-order valence-electron chi connectivity index (χ2n) is 13.5. The zero-order chi connectivity index (χ0) is 38.9. The Labute approximate surface area is 394 Å². The molecule has 0 atom stereocenters. The molecular weight excluding hydrogens is 943 g/mol. The van der Waals surface area contributed by atoms with E-state index in [4.69, 9.17) is 18.9 Å². The molecule has 61 heavy (non-hydrogen) atoms. The molecule has 4 nitrogen and oxygen atoms in total. The van der Waals surface area contributed by atoms with Gasteiger partial charge in [0, 0.05) is 24.6 Å². The van der Waals surface area contributed by atoms with Crippen LogP contribution >= 0.6 is 39.0 Å². The van der Waals surface area contributed by atoms with E-state index >= 15 is 0 Å². The summed E-state index contributed by atoms with van der Waals surface area (Å²) in [5.41, 5.74) is 4.78. The number of hydrogen-bond acceptors (Lipinski definition) is 4. The van der Waals surface area contributed by atoms with E-state index in [1.165, 1.54) is 43.0 Å². The summed E-state index contributed by atoms with van der Waals surface area (Å²) in [4.78, 5) is 0. The molecular formula is C51H51Cl2O4P2RuS-3. The summed E-state index contributed by atoms with van der Waals surface area (Å²) in [5, 5.41) is 7.40. The first-order valence-electron chi connectivity index (χ1n) is 18.4. The van der Waals surface area contributed by atoms with Crippen LogP contribution in [0.4, 0.5) is 0 Å². The molecule has 0 aromatic heterocycles. The zero-order valence-electron chi connectivity index (χ0n) is 35.2. The number of rotatable bonds is 8. The SMILES string of the molecule is Cc1ccc(C(C)C)cc1.[CH3-].[CH3-].[CH3-].[Cl-].[Cl][Ru+].[S].c1ccc(P(c2ccccc2)c2ccc3c(c2-c2c(P(c4ccccc4)c4ccccc4)ccc4c2OCO4)OCO3)cc1. The van der Waals surface area contributed by atoms with Gasteiger partial charge < -0.3 is 53.6 Å². The van der Waals surface area contributed by atoms with E-state index in [1.807, 2.05) is 17.3 Å². The van der Waals surface area contributed by atoms with Gasteiger partial charge in [-0.1, -0.05) is 165 Å². The van der Waals surface area contributed by atoms with E-state index in [-0.39, 0.29) is 61.8 Å². The number of fused-ring (bicyclic) bond motifs is 2. The Morgan fingerprint density at radius 1 is 0.459 bits per heavy atom. The molecule has 2 aliphatic rings. The molecule has 0 saturated heterocycles. The minimum atomic E-state index is -0.968. The maximum absolute atomic E-state index is 6.35. The third-order valence-electron chi connectivity index (χ3n) is 9.57. The van der Waals surface area contributed by atoms with Crippen molar-refractivity contribution < 1.29 is 48.7 Å². The fourth-order valence-electron chi connectivity index (χ4n) is 6.89. The molecule has 0 amide bonds. The van der Waals surface area contributed by atoms with Crippen LogP contribution < -0.4 is 63.2 Å². The van der Waals surface area contributed by atoms with Crippen molar-refractivity contribution in [1.82, 2.24) is 0 Å². The maximum atomic E-state index is 6.35. The van der Waals surface area contributed by atoms with Crippen LogP contribution in [0, 0.1) is 29.2 Å². The fraction of sp³-hybridized carbons (Fsp3) is 0.118. The Balaban J connectivity index is 0.000000664.